The molecular weight excluding hydrogens is 182 g/mol. The molecule has 14 heavy (non-hydrogen) atoms. The maximum absolute atomic E-state index is 11.3. The van der Waals surface area contributed by atoms with E-state index >= 15 is 0 Å². The summed E-state index contributed by atoms with van der Waals surface area (Å²) in [5, 5.41) is 8.44. The second kappa shape index (κ2) is 4.79. The number of carboxylic acid groups (broad SMARTS) is 1. The van der Waals surface area contributed by atoms with E-state index in [1.165, 1.54) is 13.1 Å². The highest BCUT2D eigenvalue weighted by molar-refractivity contribution is 5.89. The topological polar surface area (TPSA) is 57.6 Å². The number of carboxylic acids is 1. The number of hydrogen-bond donors (Lipinski definition) is 1. The number of aliphatic carboxylic acids is 1. The number of nitrogens with zero attached hydrogens (tertiary/aromatic N) is 1. The zero-order chi connectivity index (χ0) is 11.4. The van der Waals surface area contributed by atoms with Gasteiger partial charge in [-0.15, -0.1) is 0 Å². The lowest BCUT2D eigenvalue weighted by Crippen LogP contribution is -2.30. The minimum atomic E-state index is -1.01. The van der Waals surface area contributed by atoms with Gasteiger partial charge in [-0.2, -0.15) is 0 Å². The molecule has 0 unspecified atom stereocenters. The Kier molecular flexibility index (Phi) is 4.34. The van der Waals surface area contributed by atoms with Crippen LogP contribution in [0.5, 0.6) is 0 Å². The number of allylic oxidation sites excluding steroid dienone is 1. The number of carbonyl (C=O) groups is 2. The second-order valence-electron chi connectivity index (χ2n) is 4.29. The molecule has 1 amide bonds. The minimum Gasteiger partial charge on any atom is -0.480 e. The summed E-state index contributed by atoms with van der Waals surface area (Å²) in [6.45, 7) is 5.63. The highest BCUT2D eigenvalue weighted by atomic mass is 16.4. The Morgan fingerprint density at radius 2 is 1.86 bits per heavy atom. The molecule has 0 fully saturated rings. The molecule has 0 aliphatic rings. The summed E-state index contributed by atoms with van der Waals surface area (Å²) in [4.78, 5) is 22.8. The fourth-order valence-corrected chi connectivity index (χ4v) is 0.729. The van der Waals surface area contributed by atoms with E-state index in [1.54, 1.807) is 6.08 Å². The minimum absolute atomic E-state index is 0.0697. The van der Waals surface area contributed by atoms with Crippen molar-refractivity contribution in [3.63, 3.8) is 0 Å². The van der Waals surface area contributed by atoms with E-state index in [0.29, 0.717) is 0 Å². The zero-order valence-corrected chi connectivity index (χ0v) is 9.07. The van der Waals surface area contributed by atoms with E-state index in [2.05, 4.69) is 0 Å². The third-order valence-corrected chi connectivity index (χ3v) is 1.47. The summed E-state index contributed by atoms with van der Waals surface area (Å²) < 4.78 is 0. The predicted octanol–water partition coefficient (Wildman–Crippen LogP) is 1.13. The first kappa shape index (κ1) is 12.7. The zero-order valence-electron chi connectivity index (χ0n) is 9.07. The van der Waals surface area contributed by atoms with E-state index in [4.69, 9.17) is 5.11 Å². The highest BCUT2D eigenvalue weighted by Gasteiger charge is 2.10. The fourth-order valence-electron chi connectivity index (χ4n) is 0.729. The van der Waals surface area contributed by atoms with E-state index in [9.17, 15) is 9.59 Å². The first-order valence-electron chi connectivity index (χ1n) is 4.38. The summed E-state index contributed by atoms with van der Waals surface area (Å²) in [5.41, 5.74) is -0.0697. The summed E-state index contributed by atoms with van der Waals surface area (Å²) in [7, 11) is 1.46. The van der Waals surface area contributed by atoms with Crippen LogP contribution in [-0.2, 0) is 9.59 Å². The molecule has 4 heteroatoms. The number of hydrogen-bond acceptors (Lipinski definition) is 2. The Hall–Kier alpha value is -1.32. The molecular formula is C10H17NO3. The average molecular weight is 199 g/mol. The molecule has 0 atom stereocenters. The molecule has 0 aliphatic heterocycles. The summed E-state index contributed by atoms with van der Waals surface area (Å²) in [6, 6.07) is 0. The van der Waals surface area contributed by atoms with Gasteiger partial charge in [0.2, 0.25) is 5.91 Å². The molecule has 0 bridgehead atoms. The Bertz CT molecular complexity index is 251. The Morgan fingerprint density at radius 3 is 2.21 bits per heavy atom. The molecule has 0 rings (SSSR count). The average Bonchev–Trinajstić information content (AvgIpc) is 1.97. The van der Waals surface area contributed by atoms with Crippen LogP contribution in [0.1, 0.15) is 20.8 Å². The molecule has 0 spiro atoms. The molecule has 0 aliphatic carbocycles. The molecule has 0 radical (unpaired) electrons. The lowest BCUT2D eigenvalue weighted by Gasteiger charge is -2.14. The van der Waals surface area contributed by atoms with Crippen molar-refractivity contribution < 1.29 is 14.7 Å². The van der Waals surface area contributed by atoms with Crippen LogP contribution in [0.25, 0.3) is 0 Å². The normalized spacial score (nSPS) is 11.7. The first-order chi connectivity index (χ1) is 6.22. The van der Waals surface area contributed by atoms with Crippen molar-refractivity contribution >= 4 is 11.9 Å². The quantitative estimate of drug-likeness (QED) is 0.693. The number of rotatable bonds is 3. The molecule has 0 heterocycles. The van der Waals surface area contributed by atoms with Gasteiger partial charge in [-0.05, 0) is 11.5 Å². The van der Waals surface area contributed by atoms with Gasteiger partial charge in [-0.3, -0.25) is 9.59 Å². The maximum atomic E-state index is 11.3. The first-order valence-corrected chi connectivity index (χ1v) is 4.38. The van der Waals surface area contributed by atoms with Crippen LogP contribution < -0.4 is 0 Å². The molecule has 80 valence electrons. The lowest BCUT2D eigenvalue weighted by molar-refractivity contribution is -0.141. The van der Waals surface area contributed by atoms with E-state index in [1.807, 2.05) is 20.8 Å². The lowest BCUT2D eigenvalue weighted by atomic mass is 9.96. The van der Waals surface area contributed by atoms with Crippen molar-refractivity contribution in [1.82, 2.24) is 4.90 Å². The third kappa shape index (κ3) is 6.22. The monoisotopic (exact) mass is 199 g/mol. The van der Waals surface area contributed by atoms with Gasteiger partial charge in [0.1, 0.15) is 6.54 Å². The number of carbonyl (C=O) groups excluding carboxylic acids is 1. The van der Waals surface area contributed by atoms with Crippen LogP contribution in [-0.4, -0.2) is 35.5 Å². The van der Waals surface area contributed by atoms with Gasteiger partial charge >= 0.3 is 5.97 Å². The van der Waals surface area contributed by atoms with Gasteiger partial charge in [0.15, 0.2) is 0 Å². The van der Waals surface area contributed by atoms with Crippen molar-refractivity contribution in [3.05, 3.63) is 12.2 Å². The number of likely N-dealkylation sites (N-methyl/N-ethyl adjacent to an activating group) is 1. The largest absolute Gasteiger partial charge is 0.480 e. The van der Waals surface area contributed by atoms with Gasteiger partial charge in [-0.1, -0.05) is 26.8 Å². The predicted molar refractivity (Wildman–Crippen MR) is 53.9 cm³/mol. The standard InChI is InChI=1S/C10H17NO3/c1-10(2,3)6-5-8(12)11(4)7-9(13)14/h5-6H,7H2,1-4H3,(H,13,14)/b6-5+. The Morgan fingerprint density at radius 1 is 1.36 bits per heavy atom. The van der Waals surface area contributed by atoms with Gasteiger partial charge in [0.05, 0.1) is 0 Å². The number of amides is 1. The smallest absolute Gasteiger partial charge is 0.323 e. The fraction of sp³-hybridized carbons (Fsp3) is 0.600. The molecule has 0 saturated heterocycles. The molecule has 0 aromatic carbocycles. The molecule has 0 aromatic heterocycles. The second-order valence-corrected chi connectivity index (χ2v) is 4.29. The van der Waals surface area contributed by atoms with Crippen LogP contribution in [0.2, 0.25) is 0 Å². The van der Waals surface area contributed by atoms with Gasteiger partial charge in [0.25, 0.3) is 0 Å². The van der Waals surface area contributed by atoms with Crippen molar-refractivity contribution in [3.8, 4) is 0 Å². The maximum Gasteiger partial charge on any atom is 0.323 e. The third-order valence-electron chi connectivity index (χ3n) is 1.47. The van der Waals surface area contributed by atoms with E-state index in [0.717, 1.165) is 4.90 Å². The highest BCUT2D eigenvalue weighted by Crippen LogP contribution is 2.14. The van der Waals surface area contributed by atoms with Crippen LogP contribution in [0.3, 0.4) is 0 Å². The molecule has 0 aromatic rings. The van der Waals surface area contributed by atoms with E-state index in [-0.39, 0.29) is 17.9 Å². The van der Waals surface area contributed by atoms with Crippen molar-refractivity contribution in [2.75, 3.05) is 13.6 Å². The van der Waals surface area contributed by atoms with Crippen LogP contribution in [0, 0.1) is 5.41 Å². The summed E-state index contributed by atoms with van der Waals surface area (Å²) in [5.74, 6) is -1.30. The van der Waals surface area contributed by atoms with Gasteiger partial charge in [0, 0.05) is 7.05 Å². The van der Waals surface area contributed by atoms with Crippen molar-refractivity contribution in [2.24, 2.45) is 5.41 Å². The van der Waals surface area contributed by atoms with Crippen LogP contribution >= 0.6 is 0 Å². The molecule has 1 N–H and O–H groups in total. The van der Waals surface area contributed by atoms with Crippen LogP contribution in [0.15, 0.2) is 12.2 Å². The van der Waals surface area contributed by atoms with Crippen LogP contribution in [0.4, 0.5) is 0 Å². The molecule has 0 saturated carbocycles. The van der Waals surface area contributed by atoms with E-state index < -0.39 is 5.97 Å². The SMILES string of the molecule is CN(CC(=O)O)C(=O)/C=C/C(C)(C)C. The van der Waals surface area contributed by atoms with Gasteiger partial charge in [-0.25, -0.2) is 0 Å². The Labute approximate surface area is 84.2 Å². The van der Waals surface area contributed by atoms with Crippen molar-refractivity contribution in [1.29, 1.82) is 0 Å². The summed E-state index contributed by atoms with van der Waals surface area (Å²) >= 11 is 0. The molecule has 4 nitrogen and oxygen atoms in total. The summed E-state index contributed by atoms with van der Waals surface area (Å²) in [6.07, 6.45) is 3.16. The van der Waals surface area contributed by atoms with Crippen molar-refractivity contribution in [2.45, 2.75) is 20.8 Å². The van der Waals surface area contributed by atoms with Gasteiger partial charge < -0.3 is 10.0 Å². The Balaban J connectivity index is 4.21.